The van der Waals surface area contributed by atoms with E-state index in [2.05, 4.69) is 5.32 Å². The predicted octanol–water partition coefficient (Wildman–Crippen LogP) is 1.73. The van der Waals surface area contributed by atoms with Gasteiger partial charge in [0.1, 0.15) is 0 Å². The highest BCUT2D eigenvalue weighted by Crippen LogP contribution is 2.26. The molecule has 0 amide bonds. The van der Waals surface area contributed by atoms with Crippen LogP contribution in [0.25, 0.3) is 0 Å². The molecule has 0 heterocycles. The highest BCUT2D eigenvalue weighted by Gasteiger charge is 2.02. The molecule has 4 heteroatoms. The number of hydrogen-bond donors (Lipinski definition) is 2. The third-order valence-electron chi connectivity index (χ3n) is 1.71. The summed E-state index contributed by atoms with van der Waals surface area (Å²) in [5, 5.41) is 22.0. The molecule has 0 spiro atoms. The molecule has 0 aliphatic rings. The number of aryl methyl sites for hydroxylation is 1. The van der Waals surface area contributed by atoms with Gasteiger partial charge < -0.3 is 15.8 Å². The van der Waals surface area contributed by atoms with Crippen LogP contribution in [-0.4, -0.2) is 12.3 Å². The molecular formula is C8H11N2O2-. The van der Waals surface area contributed by atoms with Crippen molar-refractivity contribution in [1.82, 2.24) is 0 Å². The Balaban J connectivity index is 3.18. The van der Waals surface area contributed by atoms with Crippen LogP contribution in [0.4, 0.5) is 11.4 Å². The van der Waals surface area contributed by atoms with Gasteiger partial charge in [-0.25, -0.2) is 0 Å². The molecular weight excluding hydrogens is 156 g/mol. The van der Waals surface area contributed by atoms with E-state index in [1.54, 1.807) is 19.2 Å². The number of para-hydroxylation sites is 1. The van der Waals surface area contributed by atoms with Crippen molar-refractivity contribution in [3.63, 3.8) is 0 Å². The Morgan fingerprint density at radius 3 is 2.58 bits per heavy atom. The first-order valence-electron chi connectivity index (χ1n) is 3.60. The summed E-state index contributed by atoms with van der Waals surface area (Å²) < 4.78 is 0. The molecule has 1 rings (SSSR count). The lowest BCUT2D eigenvalue weighted by molar-refractivity contribution is 0.297. The van der Waals surface area contributed by atoms with E-state index in [1.807, 2.05) is 13.0 Å². The highest BCUT2D eigenvalue weighted by molar-refractivity contribution is 5.72. The van der Waals surface area contributed by atoms with Gasteiger partial charge in [0.2, 0.25) is 0 Å². The Hall–Kier alpha value is -1.26. The van der Waals surface area contributed by atoms with Gasteiger partial charge in [-0.2, -0.15) is 0 Å². The van der Waals surface area contributed by atoms with E-state index >= 15 is 0 Å². The average molecular weight is 167 g/mol. The van der Waals surface area contributed by atoms with E-state index < -0.39 is 0 Å². The van der Waals surface area contributed by atoms with Gasteiger partial charge in [-0.3, -0.25) is 5.21 Å². The number of nitrogens with one attached hydrogen (secondary N) is 1. The first kappa shape index (κ1) is 8.83. The zero-order chi connectivity index (χ0) is 9.14. The maximum Gasteiger partial charge on any atom is 0.0743 e. The van der Waals surface area contributed by atoms with Crippen molar-refractivity contribution in [2.75, 3.05) is 17.6 Å². The third-order valence-corrected chi connectivity index (χ3v) is 1.71. The second-order valence-corrected chi connectivity index (χ2v) is 2.49. The van der Waals surface area contributed by atoms with Crippen molar-refractivity contribution in [3.05, 3.63) is 29.0 Å². The Bertz CT molecular complexity index is 274. The summed E-state index contributed by atoms with van der Waals surface area (Å²) in [5.74, 6) is 0. The quantitative estimate of drug-likeness (QED) is 0.658. The van der Waals surface area contributed by atoms with Crippen LogP contribution in [0, 0.1) is 12.1 Å². The van der Waals surface area contributed by atoms with E-state index in [9.17, 15) is 5.21 Å². The largest absolute Gasteiger partial charge is 0.733 e. The van der Waals surface area contributed by atoms with Gasteiger partial charge in [0.15, 0.2) is 0 Å². The summed E-state index contributed by atoms with van der Waals surface area (Å²) in [6, 6.07) is 5.12. The minimum Gasteiger partial charge on any atom is -0.733 e. The first-order chi connectivity index (χ1) is 5.66. The summed E-state index contributed by atoms with van der Waals surface area (Å²) in [5.41, 5.74) is 1.80. The van der Waals surface area contributed by atoms with Crippen LogP contribution in [0.1, 0.15) is 5.56 Å². The van der Waals surface area contributed by atoms with Crippen molar-refractivity contribution in [1.29, 1.82) is 0 Å². The van der Waals surface area contributed by atoms with E-state index in [0.29, 0.717) is 5.69 Å². The van der Waals surface area contributed by atoms with Gasteiger partial charge in [-0.1, -0.05) is 12.1 Å². The maximum atomic E-state index is 10.6. The number of rotatable bonds is 2. The van der Waals surface area contributed by atoms with Gasteiger partial charge in [-0.15, -0.1) is 0 Å². The van der Waals surface area contributed by atoms with Crippen LogP contribution < -0.4 is 10.5 Å². The highest BCUT2D eigenvalue weighted by atomic mass is 16.8. The Kier molecular flexibility index (Phi) is 2.52. The summed E-state index contributed by atoms with van der Waals surface area (Å²) in [7, 11) is 1.70. The molecule has 0 aliphatic carbocycles. The first-order valence-corrected chi connectivity index (χ1v) is 3.60. The molecule has 0 aliphatic heterocycles. The SMILES string of the molecule is CNc1c(C)cccc1N([O-])O. The average Bonchev–Trinajstić information content (AvgIpc) is 2.03. The summed E-state index contributed by atoms with van der Waals surface area (Å²) in [6.45, 7) is 1.86. The smallest absolute Gasteiger partial charge is 0.0743 e. The summed E-state index contributed by atoms with van der Waals surface area (Å²) >= 11 is 0. The minimum atomic E-state index is -0.140. The Morgan fingerprint density at radius 2 is 2.17 bits per heavy atom. The topological polar surface area (TPSA) is 58.6 Å². The van der Waals surface area contributed by atoms with Gasteiger partial charge >= 0.3 is 0 Å². The van der Waals surface area contributed by atoms with Gasteiger partial charge in [0.05, 0.1) is 11.4 Å². The molecule has 0 fully saturated rings. The van der Waals surface area contributed by atoms with Crippen LogP contribution in [0.15, 0.2) is 18.2 Å². The zero-order valence-corrected chi connectivity index (χ0v) is 7.03. The molecule has 0 atom stereocenters. The van der Waals surface area contributed by atoms with E-state index in [4.69, 9.17) is 5.21 Å². The van der Waals surface area contributed by atoms with Crippen molar-refractivity contribution in [3.8, 4) is 0 Å². The van der Waals surface area contributed by atoms with Gasteiger partial charge in [0.25, 0.3) is 0 Å². The Labute approximate surface area is 71.0 Å². The fraction of sp³-hybridized carbons (Fsp3) is 0.250. The molecule has 0 aromatic heterocycles. The number of nitrogens with zero attached hydrogens (tertiary/aromatic N) is 1. The molecule has 0 radical (unpaired) electrons. The normalized spacial score (nSPS) is 9.67. The second kappa shape index (κ2) is 3.42. The van der Waals surface area contributed by atoms with Gasteiger partial charge in [-0.05, 0) is 18.6 Å². The van der Waals surface area contributed by atoms with Crippen LogP contribution in [0.3, 0.4) is 0 Å². The number of benzene rings is 1. The molecule has 1 aromatic carbocycles. The molecule has 0 bridgehead atoms. The molecule has 0 saturated carbocycles. The second-order valence-electron chi connectivity index (χ2n) is 2.49. The Morgan fingerprint density at radius 1 is 1.50 bits per heavy atom. The van der Waals surface area contributed by atoms with Crippen LogP contribution in [0.2, 0.25) is 0 Å². The van der Waals surface area contributed by atoms with Crippen LogP contribution >= 0.6 is 0 Å². The summed E-state index contributed by atoms with van der Waals surface area (Å²) in [6.07, 6.45) is 0. The fourth-order valence-electron chi connectivity index (χ4n) is 1.14. The lowest BCUT2D eigenvalue weighted by atomic mass is 10.2. The molecule has 4 nitrogen and oxygen atoms in total. The van der Waals surface area contributed by atoms with Crippen LogP contribution in [-0.2, 0) is 0 Å². The van der Waals surface area contributed by atoms with Gasteiger partial charge in [0, 0.05) is 7.05 Å². The van der Waals surface area contributed by atoms with Crippen molar-refractivity contribution < 1.29 is 5.21 Å². The molecule has 2 N–H and O–H groups in total. The molecule has 0 saturated heterocycles. The molecule has 1 aromatic rings. The fourth-order valence-corrected chi connectivity index (χ4v) is 1.14. The van der Waals surface area contributed by atoms with Crippen molar-refractivity contribution in [2.24, 2.45) is 0 Å². The summed E-state index contributed by atoms with van der Waals surface area (Å²) in [4.78, 5) is 0. The van der Waals surface area contributed by atoms with Crippen molar-refractivity contribution >= 4 is 11.4 Å². The minimum absolute atomic E-state index is 0.140. The third kappa shape index (κ3) is 1.49. The lowest BCUT2D eigenvalue weighted by Gasteiger charge is -2.25. The number of hydrogen-bond acceptors (Lipinski definition) is 4. The monoisotopic (exact) mass is 167 g/mol. The van der Waals surface area contributed by atoms with E-state index in [-0.39, 0.29) is 10.9 Å². The van der Waals surface area contributed by atoms with Crippen molar-refractivity contribution in [2.45, 2.75) is 6.92 Å². The van der Waals surface area contributed by atoms with E-state index in [0.717, 1.165) is 5.56 Å². The van der Waals surface area contributed by atoms with E-state index in [1.165, 1.54) is 0 Å². The number of anilines is 2. The standard InChI is InChI=1S/C8H11N2O2/c1-6-4-3-5-7(10(11)12)8(6)9-2/h3-5,9,11H,1-2H3/q-1. The maximum absolute atomic E-state index is 10.6. The molecule has 12 heavy (non-hydrogen) atoms. The predicted molar refractivity (Wildman–Crippen MR) is 48.4 cm³/mol. The van der Waals surface area contributed by atoms with Crippen LogP contribution in [0.5, 0.6) is 0 Å². The zero-order valence-electron chi connectivity index (χ0n) is 7.03. The molecule has 66 valence electrons. The lowest BCUT2D eigenvalue weighted by Crippen LogP contribution is -2.10. The molecule has 0 unspecified atom stereocenters.